The molecule has 7 nitrogen and oxygen atoms in total. The van der Waals surface area contributed by atoms with Gasteiger partial charge in [-0.25, -0.2) is 4.68 Å². The Balaban J connectivity index is 2.12. The van der Waals surface area contributed by atoms with Crippen LogP contribution in [-0.2, 0) is 9.53 Å². The number of methoxy groups -OCH3 is 1. The van der Waals surface area contributed by atoms with Gasteiger partial charge in [0.2, 0.25) is 5.91 Å². The second-order valence-corrected chi connectivity index (χ2v) is 4.24. The monoisotopic (exact) mass is 275 g/mol. The van der Waals surface area contributed by atoms with Crippen molar-refractivity contribution in [3.8, 4) is 5.69 Å². The number of nitrogens with zero attached hydrogens (tertiary/aromatic N) is 3. The quantitative estimate of drug-likeness (QED) is 0.803. The molecular weight excluding hydrogens is 258 g/mol. The van der Waals surface area contributed by atoms with Crippen molar-refractivity contribution >= 4 is 11.6 Å². The van der Waals surface area contributed by atoms with Gasteiger partial charge in [0.15, 0.2) is 0 Å². The zero-order chi connectivity index (χ0) is 14.4. The molecule has 0 aliphatic rings. The minimum Gasteiger partial charge on any atom is -0.385 e. The van der Waals surface area contributed by atoms with E-state index < -0.39 is 6.04 Å². The van der Waals surface area contributed by atoms with Crippen LogP contribution in [0.3, 0.4) is 0 Å². The predicted octanol–water partition coefficient (Wildman–Crippen LogP) is 0.570. The second kappa shape index (κ2) is 6.78. The van der Waals surface area contributed by atoms with Gasteiger partial charge in [-0.2, -0.15) is 0 Å². The van der Waals surface area contributed by atoms with E-state index in [-0.39, 0.29) is 5.91 Å². The van der Waals surface area contributed by atoms with E-state index in [0.717, 1.165) is 5.69 Å². The van der Waals surface area contributed by atoms with Gasteiger partial charge in [0.25, 0.3) is 0 Å². The first-order valence-corrected chi connectivity index (χ1v) is 6.23. The molecule has 0 radical (unpaired) electrons. The number of para-hydroxylation sites is 2. The topological polar surface area (TPSA) is 95.1 Å². The second-order valence-electron chi connectivity index (χ2n) is 4.24. The third kappa shape index (κ3) is 3.40. The van der Waals surface area contributed by atoms with Gasteiger partial charge >= 0.3 is 0 Å². The van der Waals surface area contributed by atoms with Gasteiger partial charge in [0.1, 0.15) is 0 Å². The van der Waals surface area contributed by atoms with Crippen LogP contribution in [0.4, 0.5) is 5.69 Å². The van der Waals surface area contributed by atoms with Crippen LogP contribution in [0.5, 0.6) is 0 Å². The fraction of sp³-hybridized carbons (Fsp3) is 0.308. The molecule has 1 atom stereocenters. The number of carbonyl (C=O) groups excluding carboxylic acids is 1. The lowest BCUT2D eigenvalue weighted by Crippen LogP contribution is -2.36. The molecule has 1 amide bonds. The van der Waals surface area contributed by atoms with E-state index in [1.54, 1.807) is 30.3 Å². The summed E-state index contributed by atoms with van der Waals surface area (Å²) in [6.07, 6.45) is 3.74. The standard InChI is InChI=1S/C13H17N5O2/c1-20-9-6-10(14)13(19)16-11-4-2-3-5-12(11)18-8-7-15-17-18/h2-5,7-8,10H,6,9,14H2,1H3,(H,16,19). The number of rotatable bonds is 6. The van der Waals surface area contributed by atoms with Crippen LogP contribution in [-0.4, -0.2) is 40.7 Å². The number of benzene rings is 1. The summed E-state index contributed by atoms with van der Waals surface area (Å²) in [6.45, 7) is 0.444. The van der Waals surface area contributed by atoms with Crippen molar-refractivity contribution in [2.75, 3.05) is 19.0 Å². The van der Waals surface area contributed by atoms with Crippen LogP contribution in [0, 0.1) is 0 Å². The van der Waals surface area contributed by atoms with Gasteiger partial charge in [0, 0.05) is 13.7 Å². The first-order chi connectivity index (χ1) is 9.72. The number of hydrogen-bond acceptors (Lipinski definition) is 5. The van der Waals surface area contributed by atoms with Crippen molar-refractivity contribution in [2.24, 2.45) is 5.73 Å². The molecule has 3 N–H and O–H groups in total. The maximum atomic E-state index is 12.0. The summed E-state index contributed by atoms with van der Waals surface area (Å²) >= 11 is 0. The normalized spacial score (nSPS) is 12.1. The van der Waals surface area contributed by atoms with Gasteiger partial charge < -0.3 is 15.8 Å². The van der Waals surface area contributed by atoms with Crippen LogP contribution in [0.1, 0.15) is 6.42 Å². The lowest BCUT2D eigenvalue weighted by atomic mass is 10.2. The predicted molar refractivity (Wildman–Crippen MR) is 74.5 cm³/mol. The number of hydrogen-bond donors (Lipinski definition) is 2. The molecule has 0 saturated carbocycles. The Morgan fingerprint density at radius 3 is 3.00 bits per heavy atom. The molecule has 20 heavy (non-hydrogen) atoms. The fourth-order valence-electron chi connectivity index (χ4n) is 1.72. The molecule has 1 heterocycles. The molecular formula is C13H17N5O2. The largest absolute Gasteiger partial charge is 0.385 e. The summed E-state index contributed by atoms with van der Waals surface area (Å²) in [5.74, 6) is -0.255. The Morgan fingerprint density at radius 2 is 2.30 bits per heavy atom. The van der Waals surface area contributed by atoms with Crippen molar-refractivity contribution < 1.29 is 9.53 Å². The average molecular weight is 275 g/mol. The Bertz CT molecular complexity index is 556. The molecule has 2 rings (SSSR count). The van der Waals surface area contributed by atoms with Gasteiger partial charge in [0.05, 0.1) is 29.8 Å². The summed E-state index contributed by atoms with van der Waals surface area (Å²) in [6, 6.07) is 6.70. The average Bonchev–Trinajstić information content (AvgIpc) is 2.99. The van der Waals surface area contributed by atoms with Crippen LogP contribution in [0.2, 0.25) is 0 Å². The molecule has 1 unspecified atom stereocenters. The van der Waals surface area contributed by atoms with E-state index in [0.29, 0.717) is 18.7 Å². The van der Waals surface area contributed by atoms with Crippen molar-refractivity contribution in [3.05, 3.63) is 36.7 Å². The Labute approximate surface area is 116 Å². The summed E-state index contributed by atoms with van der Waals surface area (Å²) in [5, 5.41) is 10.5. The minimum atomic E-state index is -0.612. The smallest absolute Gasteiger partial charge is 0.241 e. The van der Waals surface area contributed by atoms with Crippen LogP contribution in [0.25, 0.3) is 5.69 Å². The number of carbonyl (C=O) groups is 1. The van der Waals surface area contributed by atoms with Crippen LogP contribution in [0.15, 0.2) is 36.7 Å². The summed E-state index contributed by atoms with van der Waals surface area (Å²) < 4.78 is 6.49. The highest BCUT2D eigenvalue weighted by Gasteiger charge is 2.15. The Hall–Kier alpha value is -2.25. The van der Waals surface area contributed by atoms with E-state index in [4.69, 9.17) is 10.5 Å². The molecule has 0 aliphatic carbocycles. The number of anilines is 1. The van der Waals surface area contributed by atoms with Crippen LogP contribution < -0.4 is 11.1 Å². The van der Waals surface area contributed by atoms with Crippen molar-refractivity contribution in [3.63, 3.8) is 0 Å². The van der Waals surface area contributed by atoms with E-state index in [9.17, 15) is 4.79 Å². The first-order valence-electron chi connectivity index (χ1n) is 6.23. The zero-order valence-electron chi connectivity index (χ0n) is 11.2. The third-order valence-electron chi connectivity index (χ3n) is 2.80. The molecule has 0 bridgehead atoms. The molecule has 0 aliphatic heterocycles. The van der Waals surface area contributed by atoms with Crippen molar-refractivity contribution in [2.45, 2.75) is 12.5 Å². The van der Waals surface area contributed by atoms with Crippen molar-refractivity contribution in [1.29, 1.82) is 0 Å². The third-order valence-corrected chi connectivity index (χ3v) is 2.80. The van der Waals surface area contributed by atoms with Crippen molar-refractivity contribution in [1.82, 2.24) is 15.0 Å². The maximum absolute atomic E-state index is 12.0. The lowest BCUT2D eigenvalue weighted by Gasteiger charge is -2.14. The van der Waals surface area contributed by atoms with E-state index in [1.165, 1.54) is 0 Å². The number of amides is 1. The molecule has 106 valence electrons. The van der Waals surface area contributed by atoms with Gasteiger partial charge in [-0.1, -0.05) is 17.3 Å². The summed E-state index contributed by atoms with van der Waals surface area (Å²) in [4.78, 5) is 12.0. The van der Waals surface area contributed by atoms with E-state index in [2.05, 4.69) is 15.6 Å². The van der Waals surface area contributed by atoms with E-state index >= 15 is 0 Å². The Kier molecular flexibility index (Phi) is 4.80. The minimum absolute atomic E-state index is 0.255. The molecule has 2 aromatic rings. The number of aromatic nitrogens is 3. The highest BCUT2D eigenvalue weighted by Crippen LogP contribution is 2.18. The fourth-order valence-corrected chi connectivity index (χ4v) is 1.72. The highest BCUT2D eigenvalue weighted by atomic mass is 16.5. The van der Waals surface area contributed by atoms with Gasteiger partial charge in [-0.05, 0) is 18.6 Å². The number of ether oxygens (including phenoxy) is 1. The summed E-state index contributed by atoms with van der Waals surface area (Å²) in [7, 11) is 1.57. The van der Waals surface area contributed by atoms with Gasteiger partial charge in [-0.15, -0.1) is 5.10 Å². The molecule has 0 saturated heterocycles. The number of nitrogens with two attached hydrogens (primary N) is 1. The first kappa shape index (κ1) is 14.2. The SMILES string of the molecule is COCCC(N)C(=O)Nc1ccccc1-n1ccnn1. The lowest BCUT2D eigenvalue weighted by molar-refractivity contribution is -0.117. The van der Waals surface area contributed by atoms with Crippen LogP contribution >= 0.6 is 0 Å². The molecule has 1 aromatic heterocycles. The Morgan fingerprint density at radius 1 is 1.50 bits per heavy atom. The summed E-state index contributed by atoms with van der Waals surface area (Å²) in [5.41, 5.74) is 7.16. The van der Waals surface area contributed by atoms with Gasteiger partial charge in [-0.3, -0.25) is 4.79 Å². The number of nitrogens with one attached hydrogen (secondary N) is 1. The zero-order valence-corrected chi connectivity index (χ0v) is 11.2. The highest BCUT2D eigenvalue weighted by molar-refractivity contribution is 5.96. The maximum Gasteiger partial charge on any atom is 0.241 e. The van der Waals surface area contributed by atoms with E-state index in [1.807, 2.05) is 18.2 Å². The molecule has 7 heteroatoms. The molecule has 0 fully saturated rings. The molecule has 0 spiro atoms. The molecule has 1 aromatic carbocycles.